The number of rotatable bonds is 6. The van der Waals surface area contributed by atoms with E-state index < -0.39 is 47.3 Å². The molecule has 8 nitrogen and oxygen atoms in total. The lowest BCUT2D eigenvalue weighted by Gasteiger charge is -2.44. The first kappa shape index (κ1) is 27.1. The molecule has 1 amide bonds. The zero-order valence-corrected chi connectivity index (χ0v) is 21.9. The van der Waals surface area contributed by atoms with Crippen molar-refractivity contribution in [2.45, 2.75) is 86.0 Å². The number of hydrogen-bond donors (Lipinski definition) is 5. The van der Waals surface area contributed by atoms with Crippen molar-refractivity contribution in [3.8, 4) is 0 Å². The maximum absolute atomic E-state index is 13.4. The zero-order valence-electron chi connectivity index (χ0n) is 20.3. The standard InChI is InChI=1S/C25H37ClN2O6S/c1-12-4-6-14(7-5-12)15-8-9-33-22-16(10-15)11-27-18(22)24(32)28-17(13(2)26)23-20(30)19(29)21(31)25(34-23)35-3/h4-7,13,15-23,25,27,29-31H,8-11H2,1-3H3,(H,28,32)/t13-,15-,16-,17+,18-,19+,20?,21+,22+,23+,25?/m0/s1. The summed E-state index contributed by atoms with van der Waals surface area (Å²) in [4.78, 5) is 13.4. The first-order valence-electron chi connectivity index (χ1n) is 12.3. The molecule has 196 valence electrons. The molecule has 0 aromatic heterocycles. The molecule has 0 aliphatic carbocycles. The fourth-order valence-electron chi connectivity index (χ4n) is 5.52. The van der Waals surface area contributed by atoms with Crippen molar-refractivity contribution in [3.63, 3.8) is 0 Å². The molecule has 2 unspecified atom stereocenters. The minimum atomic E-state index is -1.40. The summed E-state index contributed by atoms with van der Waals surface area (Å²) in [5.74, 6) is 0.300. The molecule has 0 saturated carbocycles. The molecule has 0 spiro atoms. The predicted octanol–water partition coefficient (Wildman–Crippen LogP) is 1.13. The van der Waals surface area contributed by atoms with Crippen molar-refractivity contribution in [1.82, 2.24) is 10.6 Å². The summed E-state index contributed by atoms with van der Waals surface area (Å²) in [5, 5.41) is 36.8. The van der Waals surface area contributed by atoms with Gasteiger partial charge in [-0.3, -0.25) is 4.79 Å². The zero-order chi connectivity index (χ0) is 25.3. The second kappa shape index (κ2) is 11.6. The van der Waals surface area contributed by atoms with Crippen molar-refractivity contribution in [2.24, 2.45) is 5.92 Å². The van der Waals surface area contributed by atoms with Crippen LogP contribution in [0.4, 0.5) is 0 Å². The van der Waals surface area contributed by atoms with Crippen molar-refractivity contribution in [1.29, 1.82) is 0 Å². The van der Waals surface area contributed by atoms with Gasteiger partial charge in [0.15, 0.2) is 0 Å². The van der Waals surface area contributed by atoms with E-state index >= 15 is 0 Å². The maximum Gasteiger partial charge on any atom is 0.240 e. The molecule has 0 bridgehead atoms. The van der Waals surface area contributed by atoms with E-state index in [1.165, 1.54) is 22.9 Å². The van der Waals surface area contributed by atoms with Crippen molar-refractivity contribution >= 4 is 29.3 Å². The Morgan fingerprint density at radius 1 is 1.20 bits per heavy atom. The highest BCUT2D eigenvalue weighted by Crippen LogP contribution is 2.36. The van der Waals surface area contributed by atoms with Crippen LogP contribution >= 0.6 is 23.4 Å². The van der Waals surface area contributed by atoms with Gasteiger partial charge in [0.2, 0.25) is 5.91 Å². The SMILES string of the molecule is CSC1O[C@H]([C@H](NC(=O)[C@H]2NC[C@@H]3C[C@@H](c4ccc(C)cc4)CCO[C@H]32)[C@H](C)Cl)C(O)[C@@H](O)[C@H]1O. The van der Waals surface area contributed by atoms with E-state index in [1.54, 1.807) is 13.2 Å². The summed E-state index contributed by atoms with van der Waals surface area (Å²) in [5.41, 5.74) is 1.79. The highest BCUT2D eigenvalue weighted by molar-refractivity contribution is 7.99. The number of hydrogen-bond acceptors (Lipinski definition) is 8. The first-order chi connectivity index (χ1) is 16.7. The smallest absolute Gasteiger partial charge is 0.240 e. The number of halogens is 1. The molecule has 10 heteroatoms. The Labute approximate surface area is 216 Å². The summed E-state index contributed by atoms with van der Waals surface area (Å²) in [6.07, 6.45) is -1.69. The van der Waals surface area contributed by atoms with E-state index in [0.717, 1.165) is 12.8 Å². The molecule has 3 saturated heterocycles. The van der Waals surface area contributed by atoms with Gasteiger partial charge in [-0.15, -0.1) is 23.4 Å². The van der Waals surface area contributed by atoms with Crippen LogP contribution in [0.3, 0.4) is 0 Å². The molecular formula is C25H37ClN2O6S. The molecule has 5 N–H and O–H groups in total. The summed E-state index contributed by atoms with van der Waals surface area (Å²) >= 11 is 7.64. The Bertz CT molecular complexity index is 859. The van der Waals surface area contributed by atoms with Gasteiger partial charge >= 0.3 is 0 Å². The van der Waals surface area contributed by atoms with E-state index in [0.29, 0.717) is 19.1 Å². The minimum Gasteiger partial charge on any atom is -0.388 e. The van der Waals surface area contributed by atoms with Crippen molar-refractivity contribution in [2.75, 3.05) is 19.4 Å². The third-order valence-electron chi connectivity index (χ3n) is 7.58. The number of thioether (sulfide) groups is 1. The summed E-state index contributed by atoms with van der Waals surface area (Å²) < 4.78 is 12.1. The van der Waals surface area contributed by atoms with Gasteiger partial charge in [0.05, 0.1) is 17.5 Å². The molecule has 0 radical (unpaired) electrons. The maximum atomic E-state index is 13.4. The Morgan fingerprint density at radius 3 is 2.57 bits per heavy atom. The van der Waals surface area contributed by atoms with Gasteiger partial charge in [-0.2, -0.15) is 0 Å². The highest BCUT2D eigenvalue weighted by Gasteiger charge is 2.49. The van der Waals surface area contributed by atoms with E-state index in [2.05, 4.69) is 41.8 Å². The van der Waals surface area contributed by atoms with Crippen LogP contribution < -0.4 is 10.6 Å². The van der Waals surface area contributed by atoms with Crippen LogP contribution in [0.15, 0.2) is 24.3 Å². The Kier molecular flexibility index (Phi) is 9.03. The highest BCUT2D eigenvalue weighted by atomic mass is 35.5. The normalized spacial score (nSPS) is 39.3. The number of aliphatic hydroxyl groups is 3. The van der Waals surface area contributed by atoms with Gasteiger partial charge < -0.3 is 35.4 Å². The van der Waals surface area contributed by atoms with Gasteiger partial charge in [-0.25, -0.2) is 0 Å². The van der Waals surface area contributed by atoms with Crippen LogP contribution in [0, 0.1) is 12.8 Å². The van der Waals surface area contributed by atoms with Crippen LogP contribution in [0.25, 0.3) is 0 Å². The number of ether oxygens (including phenoxy) is 2. The lowest BCUT2D eigenvalue weighted by Crippen LogP contribution is -2.65. The topological polar surface area (TPSA) is 120 Å². The molecule has 1 aromatic rings. The fourth-order valence-corrected chi connectivity index (χ4v) is 6.41. The largest absolute Gasteiger partial charge is 0.388 e. The van der Waals surface area contributed by atoms with E-state index in [4.69, 9.17) is 21.1 Å². The number of nitrogens with one attached hydrogen (secondary N) is 2. The number of aliphatic hydroxyl groups excluding tert-OH is 3. The van der Waals surface area contributed by atoms with Crippen LogP contribution in [0.1, 0.15) is 36.8 Å². The lowest BCUT2D eigenvalue weighted by atomic mass is 9.85. The fraction of sp³-hybridized carbons (Fsp3) is 0.720. The Hall–Kier alpha value is -0.910. The summed E-state index contributed by atoms with van der Waals surface area (Å²) in [6.45, 7) is 5.03. The number of alkyl halides is 1. The second-order valence-corrected chi connectivity index (χ2v) is 11.6. The number of benzene rings is 1. The first-order valence-corrected chi connectivity index (χ1v) is 14.0. The van der Waals surface area contributed by atoms with Gasteiger partial charge in [0.25, 0.3) is 0 Å². The van der Waals surface area contributed by atoms with Gasteiger partial charge in [-0.1, -0.05) is 29.8 Å². The third-order valence-corrected chi connectivity index (χ3v) is 8.71. The average Bonchev–Trinajstić information content (AvgIpc) is 3.12. The molecular weight excluding hydrogens is 492 g/mol. The summed E-state index contributed by atoms with van der Waals surface area (Å²) in [6, 6.07) is 7.30. The summed E-state index contributed by atoms with van der Waals surface area (Å²) in [7, 11) is 0. The molecule has 3 fully saturated rings. The van der Waals surface area contributed by atoms with Gasteiger partial charge in [-0.05, 0) is 44.4 Å². The third kappa shape index (κ3) is 5.83. The van der Waals surface area contributed by atoms with Crippen molar-refractivity contribution < 1.29 is 29.6 Å². The van der Waals surface area contributed by atoms with E-state index in [-0.39, 0.29) is 17.9 Å². The second-order valence-electron chi connectivity index (χ2n) is 10.0. The molecule has 4 rings (SSSR count). The quantitative estimate of drug-likeness (QED) is 0.349. The van der Waals surface area contributed by atoms with E-state index in [1.807, 2.05) is 0 Å². The Balaban J connectivity index is 1.44. The monoisotopic (exact) mass is 528 g/mol. The molecule has 3 aliphatic rings. The predicted molar refractivity (Wildman–Crippen MR) is 136 cm³/mol. The van der Waals surface area contributed by atoms with E-state index in [9.17, 15) is 20.1 Å². The number of amides is 1. The average molecular weight is 529 g/mol. The molecule has 3 heterocycles. The van der Waals surface area contributed by atoms with Crippen LogP contribution in [-0.2, 0) is 14.3 Å². The Morgan fingerprint density at radius 2 is 1.91 bits per heavy atom. The molecule has 3 aliphatic heterocycles. The number of aryl methyl sites for hydroxylation is 1. The lowest BCUT2D eigenvalue weighted by molar-refractivity contribution is -0.205. The van der Waals surface area contributed by atoms with Crippen molar-refractivity contribution in [3.05, 3.63) is 35.4 Å². The van der Waals surface area contributed by atoms with Gasteiger partial charge in [0, 0.05) is 19.1 Å². The van der Waals surface area contributed by atoms with Gasteiger partial charge in [0.1, 0.15) is 35.9 Å². The number of fused-ring (bicyclic) bond motifs is 1. The minimum absolute atomic E-state index is 0.195. The van der Waals surface area contributed by atoms with Crippen LogP contribution in [-0.4, -0.2) is 94.1 Å². The number of carbonyl (C=O) groups excluding carboxylic acids is 1. The molecule has 11 atom stereocenters. The van der Waals surface area contributed by atoms with Crippen LogP contribution in [0.5, 0.6) is 0 Å². The van der Waals surface area contributed by atoms with Crippen LogP contribution in [0.2, 0.25) is 0 Å². The number of carbonyl (C=O) groups is 1. The molecule has 35 heavy (non-hydrogen) atoms. The molecule has 1 aromatic carbocycles.